The number of carbonyl (C=O) groups is 1. The smallest absolute Gasteiger partial charge is 0.255 e. The molecule has 4 nitrogen and oxygen atoms in total. The number of rotatable bonds is 3. The molecular weight excluding hydrogens is 324 g/mol. The van der Waals surface area contributed by atoms with Crippen LogP contribution in [0.3, 0.4) is 0 Å². The fourth-order valence-corrected chi connectivity index (χ4v) is 3.06. The Hall–Kier alpha value is -2.04. The molecule has 126 valence electrons. The lowest BCUT2D eigenvalue weighted by atomic mass is 10.1. The molecular formula is C19H21ClN2O2. The summed E-state index contributed by atoms with van der Waals surface area (Å²) < 4.78 is 0. The van der Waals surface area contributed by atoms with Crippen LogP contribution in [-0.2, 0) is 0 Å². The Morgan fingerprint density at radius 3 is 2.62 bits per heavy atom. The first kappa shape index (κ1) is 16.8. The lowest BCUT2D eigenvalue weighted by Crippen LogP contribution is -2.36. The van der Waals surface area contributed by atoms with E-state index in [1.165, 1.54) is 0 Å². The Balaban J connectivity index is 1.80. The van der Waals surface area contributed by atoms with Crippen LogP contribution in [-0.4, -0.2) is 30.2 Å². The zero-order valence-electron chi connectivity index (χ0n) is 13.6. The second-order valence-corrected chi connectivity index (χ2v) is 6.56. The van der Waals surface area contributed by atoms with Gasteiger partial charge in [-0.2, -0.15) is 0 Å². The summed E-state index contributed by atoms with van der Waals surface area (Å²) in [5, 5.41) is 13.3. The van der Waals surface area contributed by atoms with Gasteiger partial charge in [-0.15, -0.1) is 0 Å². The maximum atomic E-state index is 12.6. The van der Waals surface area contributed by atoms with Crippen molar-refractivity contribution in [3.05, 3.63) is 58.6 Å². The van der Waals surface area contributed by atoms with Crippen molar-refractivity contribution in [1.29, 1.82) is 0 Å². The van der Waals surface area contributed by atoms with E-state index in [4.69, 9.17) is 11.6 Å². The van der Waals surface area contributed by atoms with Crippen LogP contribution in [0.25, 0.3) is 0 Å². The van der Waals surface area contributed by atoms with Crippen molar-refractivity contribution < 1.29 is 9.90 Å². The standard InChI is InChI=1S/C19H21ClN2O2/c1-13-12-14(6-7-16(13)20)19(24)21-17-4-2-3-5-18(17)22-10-8-15(23)9-11-22/h2-7,12,15,23H,8-11H2,1H3,(H,21,24). The number of hydrogen-bond donors (Lipinski definition) is 2. The Labute approximate surface area is 147 Å². The highest BCUT2D eigenvalue weighted by Crippen LogP contribution is 2.29. The van der Waals surface area contributed by atoms with Crippen LogP contribution in [0.4, 0.5) is 11.4 Å². The van der Waals surface area contributed by atoms with Crippen molar-refractivity contribution in [2.24, 2.45) is 0 Å². The molecule has 0 aliphatic carbocycles. The molecule has 2 aromatic carbocycles. The van der Waals surface area contributed by atoms with Gasteiger partial charge in [0.1, 0.15) is 0 Å². The van der Waals surface area contributed by atoms with Crippen molar-refractivity contribution in [3.63, 3.8) is 0 Å². The molecule has 1 aliphatic heterocycles. The Morgan fingerprint density at radius 2 is 1.92 bits per heavy atom. The van der Waals surface area contributed by atoms with Gasteiger partial charge in [0.2, 0.25) is 0 Å². The minimum absolute atomic E-state index is 0.153. The minimum atomic E-state index is -0.222. The van der Waals surface area contributed by atoms with E-state index >= 15 is 0 Å². The summed E-state index contributed by atoms with van der Waals surface area (Å²) in [4.78, 5) is 14.8. The first-order valence-corrected chi connectivity index (χ1v) is 8.52. The van der Waals surface area contributed by atoms with Crippen LogP contribution >= 0.6 is 11.6 Å². The summed E-state index contributed by atoms with van der Waals surface area (Å²) in [6.07, 6.45) is 1.28. The lowest BCUT2D eigenvalue weighted by Gasteiger charge is -2.32. The van der Waals surface area contributed by atoms with Gasteiger partial charge in [-0.05, 0) is 55.7 Å². The van der Waals surface area contributed by atoms with E-state index in [1.54, 1.807) is 18.2 Å². The third-order valence-corrected chi connectivity index (χ3v) is 4.80. The fraction of sp³-hybridized carbons (Fsp3) is 0.316. The average Bonchev–Trinajstić information content (AvgIpc) is 2.58. The highest BCUT2D eigenvalue weighted by Gasteiger charge is 2.20. The molecule has 0 unspecified atom stereocenters. The number of amides is 1. The van der Waals surface area contributed by atoms with Crippen molar-refractivity contribution in [3.8, 4) is 0 Å². The van der Waals surface area contributed by atoms with Gasteiger partial charge in [0.25, 0.3) is 5.91 Å². The number of carbonyl (C=O) groups excluding carboxylic acids is 1. The third-order valence-electron chi connectivity index (χ3n) is 4.38. The molecule has 2 aromatic rings. The Bertz CT molecular complexity index is 740. The number of nitrogens with one attached hydrogen (secondary N) is 1. The zero-order valence-corrected chi connectivity index (χ0v) is 14.4. The molecule has 1 saturated heterocycles. The largest absolute Gasteiger partial charge is 0.393 e. The summed E-state index contributed by atoms with van der Waals surface area (Å²) in [7, 11) is 0. The lowest BCUT2D eigenvalue weighted by molar-refractivity contribution is 0.102. The zero-order chi connectivity index (χ0) is 17.1. The number of piperidine rings is 1. The van der Waals surface area contributed by atoms with Crippen LogP contribution in [0, 0.1) is 6.92 Å². The van der Waals surface area contributed by atoms with Crippen molar-refractivity contribution >= 4 is 28.9 Å². The third kappa shape index (κ3) is 3.71. The van der Waals surface area contributed by atoms with Gasteiger partial charge in [-0.1, -0.05) is 23.7 Å². The number of aliphatic hydroxyl groups excluding tert-OH is 1. The van der Waals surface area contributed by atoms with Crippen molar-refractivity contribution in [1.82, 2.24) is 0 Å². The average molecular weight is 345 g/mol. The minimum Gasteiger partial charge on any atom is -0.393 e. The van der Waals surface area contributed by atoms with Crippen molar-refractivity contribution in [2.45, 2.75) is 25.9 Å². The molecule has 1 amide bonds. The molecule has 0 bridgehead atoms. The molecule has 5 heteroatoms. The Morgan fingerprint density at radius 1 is 1.21 bits per heavy atom. The van der Waals surface area contributed by atoms with E-state index < -0.39 is 0 Å². The number of anilines is 2. The highest BCUT2D eigenvalue weighted by molar-refractivity contribution is 6.31. The summed E-state index contributed by atoms with van der Waals surface area (Å²) in [6.45, 7) is 3.45. The number of para-hydroxylation sites is 2. The van der Waals surface area contributed by atoms with Crippen LogP contribution in [0.5, 0.6) is 0 Å². The van der Waals surface area contributed by atoms with E-state index in [9.17, 15) is 9.90 Å². The first-order chi connectivity index (χ1) is 11.5. The quantitative estimate of drug-likeness (QED) is 0.888. The molecule has 0 aromatic heterocycles. The van der Waals surface area contributed by atoms with E-state index in [-0.39, 0.29) is 12.0 Å². The molecule has 3 rings (SSSR count). The van der Waals surface area contributed by atoms with E-state index in [1.807, 2.05) is 31.2 Å². The predicted octanol–water partition coefficient (Wildman–Crippen LogP) is 3.86. The molecule has 0 spiro atoms. The van der Waals surface area contributed by atoms with Gasteiger partial charge >= 0.3 is 0 Å². The highest BCUT2D eigenvalue weighted by atomic mass is 35.5. The summed E-state index contributed by atoms with van der Waals surface area (Å²) in [5.41, 5.74) is 3.23. The first-order valence-electron chi connectivity index (χ1n) is 8.14. The summed E-state index contributed by atoms with van der Waals surface area (Å²) >= 11 is 6.03. The van der Waals surface area contributed by atoms with E-state index in [0.29, 0.717) is 10.6 Å². The van der Waals surface area contributed by atoms with Crippen LogP contribution in [0.1, 0.15) is 28.8 Å². The topological polar surface area (TPSA) is 52.6 Å². The van der Waals surface area contributed by atoms with Crippen LogP contribution in [0.15, 0.2) is 42.5 Å². The molecule has 1 aliphatic rings. The maximum absolute atomic E-state index is 12.6. The number of aliphatic hydroxyl groups is 1. The second-order valence-electron chi connectivity index (χ2n) is 6.15. The van der Waals surface area contributed by atoms with Gasteiger partial charge in [-0.25, -0.2) is 0 Å². The molecule has 0 radical (unpaired) electrons. The summed E-state index contributed by atoms with van der Waals surface area (Å²) in [6, 6.07) is 13.0. The molecule has 0 atom stereocenters. The van der Waals surface area contributed by atoms with Crippen LogP contribution < -0.4 is 10.2 Å². The van der Waals surface area contributed by atoms with Crippen LogP contribution in [0.2, 0.25) is 5.02 Å². The number of halogens is 1. The monoisotopic (exact) mass is 344 g/mol. The fourth-order valence-electron chi connectivity index (χ4n) is 2.94. The van der Waals surface area contributed by atoms with E-state index in [0.717, 1.165) is 42.9 Å². The second kappa shape index (κ2) is 7.24. The van der Waals surface area contributed by atoms with E-state index in [2.05, 4.69) is 10.2 Å². The number of nitrogens with zero attached hydrogens (tertiary/aromatic N) is 1. The van der Waals surface area contributed by atoms with Gasteiger partial charge in [0.15, 0.2) is 0 Å². The van der Waals surface area contributed by atoms with Gasteiger partial charge in [0, 0.05) is 23.7 Å². The Kier molecular flexibility index (Phi) is 5.07. The number of benzene rings is 2. The summed E-state index contributed by atoms with van der Waals surface area (Å²) in [5.74, 6) is -0.153. The normalized spacial score (nSPS) is 15.4. The number of hydrogen-bond acceptors (Lipinski definition) is 3. The maximum Gasteiger partial charge on any atom is 0.255 e. The SMILES string of the molecule is Cc1cc(C(=O)Nc2ccccc2N2CCC(O)CC2)ccc1Cl. The molecule has 1 fully saturated rings. The molecule has 2 N–H and O–H groups in total. The van der Waals surface area contributed by atoms with Gasteiger partial charge in [0.05, 0.1) is 17.5 Å². The van der Waals surface area contributed by atoms with Crippen molar-refractivity contribution in [2.75, 3.05) is 23.3 Å². The molecule has 0 saturated carbocycles. The van der Waals surface area contributed by atoms with Gasteiger partial charge in [-0.3, -0.25) is 4.79 Å². The predicted molar refractivity (Wildman–Crippen MR) is 98.0 cm³/mol. The number of aryl methyl sites for hydroxylation is 1. The molecule has 1 heterocycles. The van der Waals surface area contributed by atoms with Gasteiger partial charge < -0.3 is 15.3 Å². The molecule has 24 heavy (non-hydrogen) atoms.